The second kappa shape index (κ2) is 7.38. The highest BCUT2D eigenvalue weighted by atomic mass is 35.5. The van der Waals surface area contributed by atoms with Crippen molar-refractivity contribution in [2.75, 3.05) is 31.1 Å². The van der Waals surface area contributed by atoms with Gasteiger partial charge in [0.2, 0.25) is 0 Å². The van der Waals surface area contributed by atoms with Crippen LogP contribution in [0.3, 0.4) is 0 Å². The molecule has 0 unspecified atom stereocenters. The van der Waals surface area contributed by atoms with Gasteiger partial charge in [0.25, 0.3) is 0 Å². The normalized spacial score (nSPS) is 15.1. The number of hydrogen-bond donors (Lipinski definition) is 1. The topological polar surface area (TPSA) is 48.8 Å². The summed E-state index contributed by atoms with van der Waals surface area (Å²) in [4.78, 5) is 2.38. The molecule has 2 aromatic rings. The van der Waals surface area contributed by atoms with E-state index in [-0.39, 0.29) is 12.4 Å². The van der Waals surface area contributed by atoms with E-state index >= 15 is 0 Å². The first-order valence-corrected chi connectivity index (χ1v) is 7.22. The number of nitrogens with one attached hydrogen (secondary N) is 1. The zero-order chi connectivity index (χ0) is 14.7. The first-order valence-electron chi connectivity index (χ1n) is 7.22. The zero-order valence-corrected chi connectivity index (χ0v) is 13.7. The number of imidazole rings is 1. The van der Waals surface area contributed by atoms with Crippen LogP contribution in [0.4, 0.5) is 17.3 Å². The summed E-state index contributed by atoms with van der Waals surface area (Å²) in [5.74, 6) is 0.821. The molecule has 0 saturated carbocycles. The lowest BCUT2D eigenvalue weighted by molar-refractivity contribution is -0.657. The smallest absolute Gasteiger partial charge is 0.421 e. The number of halogens is 1. The number of rotatable bonds is 3. The van der Waals surface area contributed by atoms with Crippen molar-refractivity contribution >= 4 is 17.3 Å². The molecule has 1 aromatic carbocycles. The van der Waals surface area contributed by atoms with Gasteiger partial charge in [-0.05, 0) is 24.3 Å². The average Bonchev–Trinajstić information content (AvgIpc) is 2.85. The van der Waals surface area contributed by atoms with E-state index < -0.39 is 0 Å². The van der Waals surface area contributed by atoms with Gasteiger partial charge in [0.15, 0.2) is 0 Å². The average molecular weight is 321 g/mol. The van der Waals surface area contributed by atoms with Crippen LogP contribution in [0, 0.1) is 0 Å². The van der Waals surface area contributed by atoms with E-state index in [1.54, 1.807) is 0 Å². The molecule has 0 radical (unpaired) electrons. The van der Waals surface area contributed by atoms with Gasteiger partial charge in [-0.1, -0.05) is 5.11 Å². The molecule has 0 aliphatic carbocycles. The maximum atomic E-state index is 4.31. The minimum atomic E-state index is 0. The molecule has 3 rings (SSSR count). The van der Waals surface area contributed by atoms with Gasteiger partial charge < -0.3 is 22.6 Å². The molecule has 1 N–H and O–H groups in total. The number of benzene rings is 1. The van der Waals surface area contributed by atoms with Gasteiger partial charge in [-0.2, -0.15) is 0 Å². The fourth-order valence-electron chi connectivity index (χ4n) is 2.48. The van der Waals surface area contributed by atoms with Gasteiger partial charge in [-0.25, -0.2) is 9.13 Å². The molecule has 1 aliphatic heterocycles. The van der Waals surface area contributed by atoms with Crippen LogP contribution >= 0.6 is 0 Å². The second-order valence-electron chi connectivity index (χ2n) is 5.27. The monoisotopic (exact) mass is 320 g/mol. The van der Waals surface area contributed by atoms with E-state index in [0.717, 1.165) is 37.8 Å². The van der Waals surface area contributed by atoms with Gasteiger partial charge in [0.1, 0.15) is 5.69 Å². The number of anilines is 1. The van der Waals surface area contributed by atoms with E-state index in [1.807, 2.05) is 47.8 Å². The van der Waals surface area contributed by atoms with Crippen LogP contribution in [0.2, 0.25) is 0 Å². The third-order valence-electron chi connectivity index (χ3n) is 3.73. The van der Waals surface area contributed by atoms with Gasteiger partial charge in [0.05, 0.1) is 26.5 Å². The summed E-state index contributed by atoms with van der Waals surface area (Å²) < 4.78 is 3.89. The highest BCUT2D eigenvalue weighted by Crippen LogP contribution is 2.21. The molecule has 1 fully saturated rings. The molecule has 118 valence electrons. The van der Waals surface area contributed by atoms with Gasteiger partial charge in [-0.15, -0.1) is 0 Å². The zero-order valence-electron chi connectivity index (χ0n) is 12.9. The maximum Gasteiger partial charge on any atom is 0.421 e. The number of aromatic nitrogens is 2. The standard InChI is InChI=1S/C15H21N6.ClH/c1-19-11-12-20(2)15(19)18-17-13-3-5-14(6-4-13)21-9-7-16-8-10-21;/h3-6,11-12,16H,7-10H2,1-2H3;1H/q+1;/p-1. The van der Waals surface area contributed by atoms with Gasteiger partial charge >= 0.3 is 5.95 Å². The van der Waals surface area contributed by atoms with Crippen molar-refractivity contribution in [1.82, 2.24) is 9.88 Å². The van der Waals surface area contributed by atoms with Crippen molar-refractivity contribution in [3.8, 4) is 0 Å². The van der Waals surface area contributed by atoms with Crippen molar-refractivity contribution < 1.29 is 17.0 Å². The van der Waals surface area contributed by atoms with Crippen molar-refractivity contribution in [2.24, 2.45) is 24.3 Å². The quantitative estimate of drug-likeness (QED) is 0.563. The second-order valence-corrected chi connectivity index (χ2v) is 5.27. The molecule has 0 amide bonds. The lowest BCUT2D eigenvalue weighted by atomic mass is 10.2. The summed E-state index contributed by atoms with van der Waals surface area (Å²) in [6.45, 7) is 4.21. The fourth-order valence-corrected chi connectivity index (χ4v) is 2.48. The molecular formula is C15H21ClN6. The Morgan fingerprint density at radius 2 is 1.77 bits per heavy atom. The number of hydrogen-bond acceptors (Lipinski definition) is 4. The van der Waals surface area contributed by atoms with Crippen molar-refractivity contribution in [2.45, 2.75) is 0 Å². The molecule has 1 aliphatic rings. The highest BCUT2D eigenvalue weighted by Gasteiger charge is 2.11. The highest BCUT2D eigenvalue weighted by molar-refractivity contribution is 5.53. The molecule has 6 nitrogen and oxygen atoms in total. The Hall–Kier alpha value is -1.92. The van der Waals surface area contributed by atoms with Crippen LogP contribution in [-0.4, -0.2) is 30.7 Å². The Bertz CT molecular complexity index is 608. The van der Waals surface area contributed by atoms with E-state index in [0.29, 0.717) is 0 Å². The third kappa shape index (κ3) is 3.64. The van der Waals surface area contributed by atoms with Crippen LogP contribution in [0.25, 0.3) is 0 Å². The van der Waals surface area contributed by atoms with Gasteiger partial charge in [0, 0.05) is 37.0 Å². The van der Waals surface area contributed by atoms with Crippen LogP contribution in [0.5, 0.6) is 0 Å². The summed E-state index contributed by atoms with van der Waals surface area (Å²) in [7, 11) is 3.92. The Balaban J connectivity index is 0.00000176. The molecule has 22 heavy (non-hydrogen) atoms. The van der Waals surface area contributed by atoms with Crippen LogP contribution in [0.15, 0.2) is 46.9 Å². The summed E-state index contributed by atoms with van der Waals surface area (Å²) in [6.07, 6.45) is 3.92. The first-order chi connectivity index (χ1) is 10.2. The number of nitrogens with zero attached hydrogens (tertiary/aromatic N) is 5. The molecule has 0 bridgehead atoms. The van der Waals surface area contributed by atoms with E-state index in [4.69, 9.17) is 0 Å². The summed E-state index contributed by atoms with van der Waals surface area (Å²) in [5, 5.41) is 12.0. The first kappa shape index (κ1) is 16.5. The molecule has 1 aromatic heterocycles. The van der Waals surface area contributed by atoms with Crippen LogP contribution in [0.1, 0.15) is 0 Å². The molecule has 0 atom stereocenters. The third-order valence-corrected chi connectivity index (χ3v) is 3.73. The maximum absolute atomic E-state index is 4.31. The van der Waals surface area contributed by atoms with E-state index in [1.165, 1.54) is 5.69 Å². The largest absolute Gasteiger partial charge is 1.00 e. The minimum Gasteiger partial charge on any atom is -1.00 e. The Labute approximate surface area is 136 Å². The predicted octanol–water partition coefficient (Wildman–Crippen LogP) is -1.32. The van der Waals surface area contributed by atoms with Gasteiger partial charge in [-0.3, -0.25) is 0 Å². The van der Waals surface area contributed by atoms with Crippen molar-refractivity contribution in [1.29, 1.82) is 0 Å². The lowest BCUT2D eigenvalue weighted by Crippen LogP contribution is -3.00. The summed E-state index contributed by atoms with van der Waals surface area (Å²) in [6, 6.07) is 8.27. The molecule has 7 heteroatoms. The SMILES string of the molecule is Cn1cc[n+](C)c1N=Nc1ccc(N2CCNCC2)cc1.[Cl-]. The molecule has 1 saturated heterocycles. The van der Waals surface area contributed by atoms with E-state index in [9.17, 15) is 0 Å². The van der Waals surface area contributed by atoms with Crippen LogP contribution < -0.4 is 27.2 Å². The molecule has 2 heterocycles. The van der Waals surface area contributed by atoms with Crippen molar-refractivity contribution in [3.05, 3.63) is 36.7 Å². The minimum absolute atomic E-state index is 0. The Morgan fingerprint density at radius 1 is 1.09 bits per heavy atom. The Morgan fingerprint density at radius 3 is 2.36 bits per heavy atom. The number of azo groups is 1. The molecule has 0 spiro atoms. The number of aryl methyl sites for hydroxylation is 2. The number of piperazine rings is 1. The lowest BCUT2D eigenvalue weighted by Gasteiger charge is -2.29. The van der Waals surface area contributed by atoms with Crippen molar-refractivity contribution in [3.63, 3.8) is 0 Å². The summed E-state index contributed by atoms with van der Waals surface area (Å²) >= 11 is 0. The fraction of sp³-hybridized carbons (Fsp3) is 0.400. The summed E-state index contributed by atoms with van der Waals surface area (Å²) in [5.41, 5.74) is 2.12. The molecular weight excluding hydrogens is 300 g/mol. The predicted molar refractivity (Wildman–Crippen MR) is 82.3 cm³/mol. The van der Waals surface area contributed by atoms with E-state index in [2.05, 4.69) is 32.6 Å². The van der Waals surface area contributed by atoms with Crippen LogP contribution in [-0.2, 0) is 14.1 Å². The Kier molecular flexibility index (Phi) is 5.51.